The molecule has 3 fully saturated rings. The zero-order chi connectivity index (χ0) is 18.0. The maximum atomic E-state index is 12.4. The van der Waals surface area contributed by atoms with Crippen LogP contribution in [-0.2, 0) is 19.4 Å². The molecule has 4 rings (SSSR count). The molecule has 0 aromatic carbocycles. The molecule has 0 N–H and O–H groups in total. The van der Waals surface area contributed by atoms with Gasteiger partial charge in [0.25, 0.3) is 0 Å². The third-order valence-electron chi connectivity index (χ3n) is 8.02. The third-order valence-corrected chi connectivity index (χ3v) is 8.53. The normalized spacial score (nSPS) is 45.0. The molecule has 0 bridgehead atoms. The summed E-state index contributed by atoms with van der Waals surface area (Å²) in [7, 11) is -4.65. The van der Waals surface area contributed by atoms with Gasteiger partial charge in [-0.1, -0.05) is 25.5 Å². The number of rotatable bonds is 2. The summed E-state index contributed by atoms with van der Waals surface area (Å²) in [6.45, 7) is 4.48. The van der Waals surface area contributed by atoms with E-state index in [-0.39, 0.29) is 40.4 Å². The van der Waals surface area contributed by atoms with Crippen molar-refractivity contribution < 1.29 is 51.5 Å². The Balaban J connectivity index is 0.00000196. The summed E-state index contributed by atoms with van der Waals surface area (Å²) >= 11 is 0. The van der Waals surface area contributed by atoms with Gasteiger partial charge in [0.05, 0.1) is 6.10 Å². The van der Waals surface area contributed by atoms with Gasteiger partial charge >= 0.3 is 29.6 Å². The molecule has 0 heterocycles. The Bertz CT molecular complexity index is 732. The molecule has 140 valence electrons. The van der Waals surface area contributed by atoms with Crippen molar-refractivity contribution in [3.63, 3.8) is 0 Å². The number of ketones is 1. The maximum absolute atomic E-state index is 12.4. The first-order chi connectivity index (χ1) is 11.6. The minimum absolute atomic E-state index is 0. The van der Waals surface area contributed by atoms with E-state index >= 15 is 0 Å². The Morgan fingerprint density at radius 2 is 1.77 bits per heavy atom. The van der Waals surface area contributed by atoms with E-state index in [4.69, 9.17) is 4.18 Å². The molecule has 0 aromatic rings. The minimum atomic E-state index is -4.65. The number of allylic oxidation sites excluding steroid dienone is 1. The second-order valence-electron chi connectivity index (χ2n) is 9.05. The third kappa shape index (κ3) is 3.29. The predicted molar refractivity (Wildman–Crippen MR) is 91.3 cm³/mol. The number of carbonyl (C=O) groups excluding carboxylic acids is 1. The second-order valence-corrected chi connectivity index (χ2v) is 10.1. The molecule has 0 radical (unpaired) electrons. The summed E-state index contributed by atoms with van der Waals surface area (Å²) in [5.41, 5.74) is 1.20. The smallest absolute Gasteiger partial charge is 0.726 e. The molecular formula is C19H27NaO5S. The standard InChI is InChI=1S/C19H28O5S.Na/c1-18-9-7-13(24-25(21,22)23)11-12(18)3-4-14-15-5-6-17(20)19(15,2)10-8-16(14)18;/h3,13-16H,4-11H2,1-2H3,(H,21,22,23);/q;+1/p-1/t13-,14-,15?,16?,18-,19-;/m0./s1/i7+1,11+1,13+1;. The first-order valence-electron chi connectivity index (χ1n) is 9.50. The van der Waals surface area contributed by atoms with Gasteiger partial charge < -0.3 is 4.55 Å². The average molecular weight is 393 g/mol. The SMILES string of the molecule is C[C@]12C[13CH2][13C@H](OS(=O)(=O)[O-])[13CH2]C1=CC[C@@H]1C2CC[C@]2(C)C(=O)CCC12.[Na+]. The zero-order valence-corrected chi connectivity index (χ0v) is 18.8. The van der Waals surface area contributed by atoms with Crippen molar-refractivity contribution >= 4 is 16.2 Å². The van der Waals surface area contributed by atoms with E-state index < -0.39 is 16.5 Å². The summed E-state index contributed by atoms with van der Waals surface area (Å²) in [4.78, 5) is 12.4. The molecule has 0 spiro atoms. The Morgan fingerprint density at radius 3 is 2.46 bits per heavy atom. The van der Waals surface area contributed by atoms with Crippen molar-refractivity contribution in [1.82, 2.24) is 0 Å². The van der Waals surface area contributed by atoms with Crippen molar-refractivity contribution in [2.24, 2.45) is 28.6 Å². The van der Waals surface area contributed by atoms with Crippen LogP contribution in [0, 0.1) is 28.6 Å². The Labute approximate surface area is 178 Å². The molecule has 0 aromatic heterocycles. The Hall–Kier alpha value is 0.280. The van der Waals surface area contributed by atoms with Crippen molar-refractivity contribution in [2.75, 3.05) is 0 Å². The average Bonchev–Trinajstić information content (AvgIpc) is 2.82. The van der Waals surface area contributed by atoms with E-state index in [1.807, 2.05) is 0 Å². The van der Waals surface area contributed by atoms with Crippen molar-refractivity contribution in [3.05, 3.63) is 11.6 Å². The molecule has 4 aliphatic carbocycles. The fourth-order valence-electron chi connectivity index (χ4n) is 6.65. The van der Waals surface area contributed by atoms with E-state index in [1.165, 1.54) is 5.57 Å². The largest absolute Gasteiger partial charge is 1.00 e. The van der Waals surface area contributed by atoms with Gasteiger partial charge in [0.15, 0.2) is 0 Å². The first-order valence-corrected chi connectivity index (χ1v) is 10.8. The van der Waals surface area contributed by atoms with Gasteiger partial charge in [-0.15, -0.1) is 0 Å². The molecule has 4 aliphatic rings. The minimum Gasteiger partial charge on any atom is -0.726 e. The molecule has 6 atom stereocenters. The molecule has 3 saturated carbocycles. The van der Waals surface area contributed by atoms with Gasteiger partial charge in [0.1, 0.15) is 5.78 Å². The number of fused-ring (bicyclic) bond motifs is 5. The summed E-state index contributed by atoms with van der Waals surface area (Å²) < 4.78 is 37.5. The van der Waals surface area contributed by atoms with E-state index in [1.54, 1.807) is 0 Å². The summed E-state index contributed by atoms with van der Waals surface area (Å²) in [6.07, 6.45) is 8.55. The van der Waals surface area contributed by atoms with E-state index in [0.29, 0.717) is 36.4 Å². The van der Waals surface area contributed by atoms with Crippen LogP contribution in [0.3, 0.4) is 0 Å². The summed E-state index contributed by atoms with van der Waals surface area (Å²) in [5, 5.41) is 0. The van der Waals surface area contributed by atoms with Crippen LogP contribution in [0.5, 0.6) is 0 Å². The van der Waals surface area contributed by atoms with Crippen LogP contribution >= 0.6 is 0 Å². The number of hydrogen-bond acceptors (Lipinski definition) is 5. The van der Waals surface area contributed by atoms with Crippen LogP contribution in [0.1, 0.15) is 65.2 Å². The summed E-state index contributed by atoms with van der Waals surface area (Å²) in [6, 6.07) is 0. The molecule has 5 nitrogen and oxygen atoms in total. The van der Waals surface area contributed by atoms with E-state index in [9.17, 15) is 17.8 Å². The topological polar surface area (TPSA) is 83.5 Å². The fraction of sp³-hybridized carbons (Fsp3) is 0.842. The number of hydrogen-bond donors (Lipinski definition) is 0. The second kappa shape index (κ2) is 6.96. The quantitative estimate of drug-likeness (QED) is 0.223. The van der Waals surface area contributed by atoms with Gasteiger partial charge in [-0.3, -0.25) is 8.98 Å². The van der Waals surface area contributed by atoms with Gasteiger partial charge in [0, 0.05) is 11.8 Å². The molecule has 2 unspecified atom stereocenters. The van der Waals surface area contributed by atoms with Gasteiger partial charge in [-0.2, -0.15) is 0 Å². The van der Waals surface area contributed by atoms with Crippen LogP contribution in [0.4, 0.5) is 0 Å². The van der Waals surface area contributed by atoms with Gasteiger partial charge in [-0.05, 0) is 68.1 Å². The van der Waals surface area contributed by atoms with Gasteiger partial charge in [0.2, 0.25) is 10.4 Å². The molecular weight excluding hydrogens is 366 g/mol. The monoisotopic (exact) mass is 393 g/mol. The predicted octanol–water partition coefficient (Wildman–Crippen LogP) is 0.368. The van der Waals surface area contributed by atoms with Crippen LogP contribution in [-0.4, -0.2) is 24.9 Å². The molecule has 0 amide bonds. The molecule has 7 heteroatoms. The Morgan fingerprint density at radius 1 is 1.12 bits per heavy atom. The summed E-state index contributed by atoms with van der Waals surface area (Å²) in [5.74, 6) is 2.05. The van der Waals surface area contributed by atoms with Crippen molar-refractivity contribution in [2.45, 2.75) is 71.3 Å². The van der Waals surface area contributed by atoms with Gasteiger partial charge in [-0.25, -0.2) is 8.42 Å². The molecule has 26 heavy (non-hydrogen) atoms. The van der Waals surface area contributed by atoms with Crippen LogP contribution in [0.15, 0.2) is 11.6 Å². The van der Waals surface area contributed by atoms with Crippen LogP contribution in [0.2, 0.25) is 0 Å². The van der Waals surface area contributed by atoms with Crippen molar-refractivity contribution in [3.8, 4) is 0 Å². The van der Waals surface area contributed by atoms with E-state index in [2.05, 4.69) is 19.9 Å². The van der Waals surface area contributed by atoms with E-state index in [0.717, 1.165) is 38.5 Å². The number of Topliss-reactive ketones (excluding diaryl/α,β-unsaturated/α-hetero) is 1. The Kier molecular flexibility index (Phi) is 5.62. The van der Waals surface area contributed by atoms with Crippen LogP contribution < -0.4 is 29.6 Å². The number of carbonyl (C=O) groups is 1. The fourth-order valence-corrected chi connectivity index (χ4v) is 7.14. The van der Waals surface area contributed by atoms with Crippen LogP contribution in [0.25, 0.3) is 0 Å². The molecule has 0 aliphatic heterocycles. The maximum Gasteiger partial charge on any atom is 1.00 e. The zero-order valence-electron chi connectivity index (χ0n) is 16.0. The molecule has 0 saturated heterocycles. The first kappa shape index (κ1) is 21.0. The van der Waals surface area contributed by atoms with Crippen molar-refractivity contribution in [1.29, 1.82) is 0 Å².